The van der Waals surface area contributed by atoms with E-state index in [0.29, 0.717) is 25.7 Å². The fraction of sp³-hybridized carbons (Fsp3) is 0.833. The van der Waals surface area contributed by atoms with Gasteiger partial charge in [-0.2, -0.15) is 0 Å². The van der Waals surface area contributed by atoms with Crippen molar-refractivity contribution in [1.82, 2.24) is 16.0 Å². The van der Waals surface area contributed by atoms with Gasteiger partial charge in [-0.3, -0.25) is 9.59 Å². The van der Waals surface area contributed by atoms with Gasteiger partial charge in [0.1, 0.15) is 0 Å². The van der Waals surface area contributed by atoms with Crippen molar-refractivity contribution in [2.45, 2.75) is 45.1 Å². The van der Waals surface area contributed by atoms with Gasteiger partial charge in [-0.1, -0.05) is 19.3 Å². The average molecular weight is 241 g/mol. The zero-order chi connectivity index (χ0) is 12.5. The lowest BCUT2D eigenvalue weighted by molar-refractivity contribution is -0.121. The molecule has 0 aliphatic heterocycles. The molecule has 1 aliphatic carbocycles. The molecule has 0 saturated heterocycles. The van der Waals surface area contributed by atoms with E-state index >= 15 is 0 Å². The van der Waals surface area contributed by atoms with Crippen molar-refractivity contribution < 1.29 is 9.59 Å². The Hall–Kier alpha value is -1.10. The van der Waals surface area contributed by atoms with Gasteiger partial charge in [0.25, 0.3) is 0 Å². The highest BCUT2D eigenvalue weighted by atomic mass is 16.2. The SMILES string of the molecule is CC(=O)NCCNCC(=O)NC1CCCCC1. The highest BCUT2D eigenvalue weighted by molar-refractivity contribution is 5.78. The summed E-state index contributed by atoms with van der Waals surface area (Å²) in [6.07, 6.45) is 5.96. The first-order valence-electron chi connectivity index (χ1n) is 6.43. The number of nitrogens with one attached hydrogen (secondary N) is 3. The minimum atomic E-state index is -0.0431. The van der Waals surface area contributed by atoms with Crippen molar-refractivity contribution in [1.29, 1.82) is 0 Å². The molecule has 1 aliphatic rings. The number of hydrogen-bond donors (Lipinski definition) is 3. The third-order valence-electron chi connectivity index (χ3n) is 2.93. The van der Waals surface area contributed by atoms with Crippen LogP contribution in [0, 0.1) is 0 Å². The van der Waals surface area contributed by atoms with Gasteiger partial charge in [0, 0.05) is 26.1 Å². The van der Waals surface area contributed by atoms with Crippen LogP contribution in [0.3, 0.4) is 0 Å². The van der Waals surface area contributed by atoms with Crippen LogP contribution in [0.4, 0.5) is 0 Å². The number of rotatable bonds is 6. The Balaban J connectivity index is 1.98. The van der Waals surface area contributed by atoms with Crippen molar-refractivity contribution in [3.63, 3.8) is 0 Å². The minimum absolute atomic E-state index is 0.0431. The highest BCUT2D eigenvalue weighted by Crippen LogP contribution is 2.16. The van der Waals surface area contributed by atoms with Crippen LogP contribution in [-0.2, 0) is 9.59 Å². The zero-order valence-corrected chi connectivity index (χ0v) is 10.6. The third-order valence-corrected chi connectivity index (χ3v) is 2.93. The van der Waals surface area contributed by atoms with E-state index in [1.807, 2.05) is 0 Å². The van der Waals surface area contributed by atoms with Crippen LogP contribution < -0.4 is 16.0 Å². The molecule has 0 unspecified atom stereocenters. The van der Waals surface area contributed by atoms with E-state index in [1.165, 1.54) is 26.2 Å². The zero-order valence-electron chi connectivity index (χ0n) is 10.6. The fourth-order valence-corrected chi connectivity index (χ4v) is 2.05. The maximum absolute atomic E-state index is 11.5. The van der Waals surface area contributed by atoms with Crippen LogP contribution in [0.2, 0.25) is 0 Å². The smallest absolute Gasteiger partial charge is 0.234 e. The van der Waals surface area contributed by atoms with E-state index in [4.69, 9.17) is 0 Å². The Labute approximate surface area is 103 Å². The van der Waals surface area contributed by atoms with E-state index in [9.17, 15) is 9.59 Å². The Bertz CT molecular complexity index is 250. The molecule has 0 atom stereocenters. The summed E-state index contributed by atoms with van der Waals surface area (Å²) in [6.45, 7) is 3.00. The summed E-state index contributed by atoms with van der Waals surface area (Å²) in [4.78, 5) is 22.1. The monoisotopic (exact) mass is 241 g/mol. The highest BCUT2D eigenvalue weighted by Gasteiger charge is 2.14. The standard InChI is InChI=1S/C12H23N3O2/c1-10(16)14-8-7-13-9-12(17)15-11-5-3-2-4-6-11/h11,13H,2-9H2,1H3,(H,14,16)(H,15,17). The predicted molar refractivity (Wildman–Crippen MR) is 66.6 cm³/mol. The first kappa shape index (κ1) is 14.0. The molecule has 0 aromatic carbocycles. The molecule has 3 N–H and O–H groups in total. The van der Waals surface area contributed by atoms with Crippen molar-refractivity contribution in [3.05, 3.63) is 0 Å². The second kappa shape index (κ2) is 8.06. The van der Waals surface area contributed by atoms with Gasteiger partial charge in [0.2, 0.25) is 11.8 Å². The van der Waals surface area contributed by atoms with Crippen LogP contribution >= 0.6 is 0 Å². The van der Waals surface area contributed by atoms with Gasteiger partial charge in [-0.05, 0) is 12.8 Å². The Morgan fingerprint density at radius 1 is 1.12 bits per heavy atom. The van der Waals surface area contributed by atoms with Crippen LogP contribution in [-0.4, -0.2) is 37.5 Å². The normalized spacial score (nSPS) is 16.5. The maximum atomic E-state index is 11.5. The summed E-state index contributed by atoms with van der Waals surface area (Å²) in [7, 11) is 0. The van der Waals surface area contributed by atoms with Gasteiger partial charge >= 0.3 is 0 Å². The molecule has 1 saturated carbocycles. The molecule has 0 heterocycles. The molecule has 0 aromatic rings. The quantitative estimate of drug-likeness (QED) is 0.580. The van der Waals surface area contributed by atoms with Gasteiger partial charge in [-0.15, -0.1) is 0 Å². The molecular formula is C12H23N3O2. The van der Waals surface area contributed by atoms with Gasteiger partial charge in [-0.25, -0.2) is 0 Å². The number of amides is 2. The Kier molecular flexibility index (Phi) is 6.62. The first-order chi connectivity index (χ1) is 8.18. The summed E-state index contributed by atoms with van der Waals surface area (Å²) in [5.74, 6) is 0.0122. The average Bonchev–Trinajstić information content (AvgIpc) is 2.29. The van der Waals surface area contributed by atoms with Crippen LogP contribution in [0.1, 0.15) is 39.0 Å². The molecule has 98 valence electrons. The van der Waals surface area contributed by atoms with Gasteiger partial charge < -0.3 is 16.0 Å². The molecule has 0 radical (unpaired) electrons. The summed E-state index contributed by atoms with van der Waals surface area (Å²) in [6, 6.07) is 0.369. The van der Waals surface area contributed by atoms with Crippen LogP contribution in [0.15, 0.2) is 0 Å². The molecule has 17 heavy (non-hydrogen) atoms. The number of hydrogen-bond acceptors (Lipinski definition) is 3. The van der Waals surface area contributed by atoms with Gasteiger partial charge in [0.15, 0.2) is 0 Å². The lowest BCUT2D eigenvalue weighted by atomic mass is 9.95. The van der Waals surface area contributed by atoms with Crippen LogP contribution in [0.25, 0.3) is 0 Å². The van der Waals surface area contributed by atoms with Crippen molar-refractivity contribution >= 4 is 11.8 Å². The Morgan fingerprint density at radius 3 is 2.47 bits per heavy atom. The van der Waals surface area contributed by atoms with Gasteiger partial charge in [0.05, 0.1) is 6.54 Å². The predicted octanol–water partition coefficient (Wildman–Crippen LogP) is 0.161. The molecular weight excluding hydrogens is 218 g/mol. The third kappa shape index (κ3) is 6.94. The second-order valence-electron chi connectivity index (χ2n) is 4.56. The Morgan fingerprint density at radius 2 is 1.82 bits per heavy atom. The maximum Gasteiger partial charge on any atom is 0.234 e. The number of carbonyl (C=O) groups is 2. The summed E-state index contributed by atoms with van der Waals surface area (Å²) >= 11 is 0. The first-order valence-corrected chi connectivity index (χ1v) is 6.43. The summed E-state index contributed by atoms with van der Waals surface area (Å²) in [5, 5.41) is 8.70. The summed E-state index contributed by atoms with van der Waals surface area (Å²) < 4.78 is 0. The van der Waals surface area contributed by atoms with Crippen LogP contribution in [0.5, 0.6) is 0 Å². The van der Waals surface area contributed by atoms with E-state index in [2.05, 4.69) is 16.0 Å². The van der Waals surface area contributed by atoms with Crippen molar-refractivity contribution in [2.75, 3.05) is 19.6 Å². The van der Waals surface area contributed by atoms with E-state index in [0.717, 1.165) is 12.8 Å². The molecule has 2 amide bonds. The van der Waals surface area contributed by atoms with Crippen molar-refractivity contribution in [2.24, 2.45) is 0 Å². The topological polar surface area (TPSA) is 70.2 Å². The fourth-order valence-electron chi connectivity index (χ4n) is 2.05. The lowest BCUT2D eigenvalue weighted by Crippen LogP contribution is -2.42. The van der Waals surface area contributed by atoms with E-state index in [-0.39, 0.29) is 11.8 Å². The molecule has 5 nitrogen and oxygen atoms in total. The second-order valence-corrected chi connectivity index (χ2v) is 4.56. The molecule has 0 bridgehead atoms. The van der Waals surface area contributed by atoms with E-state index < -0.39 is 0 Å². The molecule has 0 aromatic heterocycles. The summed E-state index contributed by atoms with van der Waals surface area (Å²) in [5.41, 5.74) is 0. The minimum Gasteiger partial charge on any atom is -0.355 e. The molecule has 0 spiro atoms. The largest absolute Gasteiger partial charge is 0.355 e. The van der Waals surface area contributed by atoms with Crippen molar-refractivity contribution in [3.8, 4) is 0 Å². The molecule has 5 heteroatoms. The lowest BCUT2D eigenvalue weighted by Gasteiger charge is -2.22. The number of carbonyl (C=O) groups excluding carboxylic acids is 2. The molecule has 1 rings (SSSR count). The molecule has 1 fully saturated rings. The van der Waals surface area contributed by atoms with E-state index in [1.54, 1.807) is 0 Å².